The van der Waals surface area contributed by atoms with Crippen LogP contribution in [0.3, 0.4) is 0 Å². The van der Waals surface area contributed by atoms with E-state index in [-0.39, 0.29) is 31.2 Å². The predicted octanol–water partition coefficient (Wildman–Crippen LogP) is 0.0795. The van der Waals surface area contributed by atoms with Crippen molar-refractivity contribution in [2.45, 2.75) is 117 Å². The van der Waals surface area contributed by atoms with Gasteiger partial charge in [0.2, 0.25) is 23.6 Å². The molecule has 14 heteroatoms. The molecule has 4 amide bonds. The van der Waals surface area contributed by atoms with Crippen molar-refractivity contribution >= 4 is 35.6 Å². The van der Waals surface area contributed by atoms with E-state index in [1.807, 2.05) is 13.8 Å². The van der Waals surface area contributed by atoms with Crippen LogP contribution < -0.4 is 32.7 Å². The Balaban J connectivity index is 5.99. The van der Waals surface area contributed by atoms with Crippen LogP contribution in [0.15, 0.2) is 0 Å². The summed E-state index contributed by atoms with van der Waals surface area (Å²) in [4.78, 5) is 75.6. The van der Waals surface area contributed by atoms with Gasteiger partial charge in [0.25, 0.3) is 0 Å². The highest BCUT2D eigenvalue weighted by molar-refractivity contribution is 5.95. The molecule has 0 spiro atoms. The number of carboxylic acid groups (broad SMARTS) is 2. The molecule has 42 heavy (non-hydrogen) atoms. The van der Waals surface area contributed by atoms with E-state index in [4.69, 9.17) is 16.6 Å². The highest BCUT2D eigenvalue weighted by Gasteiger charge is 2.35. The molecule has 0 aliphatic carbocycles. The molecule has 0 aliphatic rings. The molecule has 242 valence electrons. The third-order valence-corrected chi connectivity index (χ3v) is 7.74. The van der Waals surface area contributed by atoms with Crippen LogP contribution in [0.25, 0.3) is 0 Å². The lowest BCUT2D eigenvalue weighted by atomic mass is 9.94. The van der Waals surface area contributed by atoms with Gasteiger partial charge >= 0.3 is 11.9 Å². The average molecular weight is 601 g/mol. The first-order valence-electron chi connectivity index (χ1n) is 14.8. The van der Waals surface area contributed by atoms with Gasteiger partial charge in [0.1, 0.15) is 24.2 Å². The van der Waals surface area contributed by atoms with Gasteiger partial charge in [-0.3, -0.25) is 24.0 Å². The van der Waals surface area contributed by atoms with Crippen LogP contribution in [-0.4, -0.2) is 82.5 Å². The van der Waals surface area contributed by atoms with E-state index >= 15 is 0 Å². The van der Waals surface area contributed by atoms with E-state index in [9.17, 15) is 33.9 Å². The van der Waals surface area contributed by atoms with Crippen molar-refractivity contribution in [3.05, 3.63) is 0 Å². The molecule has 10 N–H and O–H groups in total. The molecule has 0 aromatic rings. The molecule has 0 aromatic heterocycles. The van der Waals surface area contributed by atoms with Crippen molar-refractivity contribution in [1.29, 1.82) is 0 Å². The van der Waals surface area contributed by atoms with Gasteiger partial charge in [0, 0.05) is 6.42 Å². The number of carboxylic acids is 2. The first kappa shape index (κ1) is 38.7. The highest BCUT2D eigenvalue weighted by Crippen LogP contribution is 2.14. The van der Waals surface area contributed by atoms with Crippen molar-refractivity contribution in [2.75, 3.05) is 6.54 Å². The van der Waals surface area contributed by atoms with Crippen LogP contribution in [0.4, 0.5) is 0 Å². The zero-order chi connectivity index (χ0) is 32.6. The van der Waals surface area contributed by atoms with Crippen molar-refractivity contribution in [1.82, 2.24) is 21.3 Å². The molecule has 0 aliphatic heterocycles. The number of hydrogen-bond acceptors (Lipinski definition) is 8. The topological polar surface area (TPSA) is 243 Å². The summed E-state index contributed by atoms with van der Waals surface area (Å²) in [6, 6.07) is -5.60. The molecule has 0 saturated heterocycles. The molecule has 0 rings (SSSR count). The summed E-state index contributed by atoms with van der Waals surface area (Å²) in [5.41, 5.74) is 11.5. The summed E-state index contributed by atoms with van der Waals surface area (Å²) < 4.78 is 0. The third-order valence-electron chi connectivity index (χ3n) is 7.74. The first-order valence-corrected chi connectivity index (χ1v) is 14.8. The van der Waals surface area contributed by atoms with E-state index in [2.05, 4.69) is 21.3 Å². The number of aliphatic carboxylic acids is 2. The fraction of sp³-hybridized carbons (Fsp3) is 0.786. The number of amides is 4. The molecular weight excluding hydrogens is 548 g/mol. The molecule has 0 saturated carbocycles. The van der Waals surface area contributed by atoms with Gasteiger partial charge in [-0.05, 0) is 43.6 Å². The molecule has 8 atom stereocenters. The molecule has 0 aromatic carbocycles. The average Bonchev–Trinajstić information content (AvgIpc) is 2.96. The van der Waals surface area contributed by atoms with Crippen LogP contribution >= 0.6 is 0 Å². The summed E-state index contributed by atoms with van der Waals surface area (Å²) in [5, 5.41) is 29.0. The SMILES string of the molecule is CC[C@H](C)[C@H](N)C(=O)N[C@@H](CCC(=O)O)C(=O)N[C@H](C(=O)N[C@H](C(=O)N[C@@H](CCCN)C(=O)O)[C@@H](C)CC)[C@@H](C)CC. The minimum absolute atomic E-state index is 0.119. The predicted molar refractivity (Wildman–Crippen MR) is 157 cm³/mol. The molecule has 0 unspecified atom stereocenters. The van der Waals surface area contributed by atoms with Gasteiger partial charge in [-0.25, -0.2) is 4.79 Å². The zero-order valence-electron chi connectivity index (χ0n) is 25.8. The number of carbonyl (C=O) groups is 6. The largest absolute Gasteiger partial charge is 0.481 e. The van der Waals surface area contributed by atoms with Crippen LogP contribution in [0, 0.1) is 17.8 Å². The van der Waals surface area contributed by atoms with Crippen molar-refractivity contribution < 1.29 is 39.0 Å². The summed E-state index contributed by atoms with van der Waals surface area (Å²) in [6.07, 6.45) is 1.41. The molecule has 0 fully saturated rings. The minimum Gasteiger partial charge on any atom is -0.481 e. The lowest BCUT2D eigenvalue weighted by Gasteiger charge is -2.30. The first-order chi connectivity index (χ1) is 19.6. The zero-order valence-corrected chi connectivity index (χ0v) is 25.8. The summed E-state index contributed by atoms with van der Waals surface area (Å²) in [6.45, 7) is 11.0. The van der Waals surface area contributed by atoms with Gasteiger partial charge in [-0.2, -0.15) is 0 Å². The van der Waals surface area contributed by atoms with Gasteiger partial charge < -0.3 is 42.9 Å². The quantitative estimate of drug-likeness (QED) is 0.0881. The Morgan fingerprint density at radius 2 is 1.10 bits per heavy atom. The van der Waals surface area contributed by atoms with Gasteiger partial charge in [0.05, 0.1) is 6.04 Å². The maximum atomic E-state index is 13.5. The lowest BCUT2D eigenvalue weighted by Crippen LogP contribution is -2.61. The van der Waals surface area contributed by atoms with E-state index in [1.54, 1.807) is 27.7 Å². The lowest BCUT2D eigenvalue weighted by molar-refractivity contribution is -0.143. The Morgan fingerprint density at radius 1 is 0.643 bits per heavy atom. The highest BCUT2D eigenvalue weighted by atomic mass is 16.4. The molecule has 0 bridgehead atoms. The van der Waals surface area contributed by atoms with E-state index in [1.165, 1.54) is 0 Å². The van der Waals surface area contributed by atoms with Crippen LogP contribution in [0.2, 0.25) is 0 Å². The monoisotopic (exact) mass is 600 g/mol. The van der Waals surface area contributed by atoms with E-state index in [0.29, 0.717) is 25.7 Å². The Hall–Kier alpha value is -3.26. The molecule has 0 heterocycles. The Kier molecular flexibility index (Phi) is 18.3. The summed E-state index contributed by atoms with van der Waals surface area (Å²) >= 11 is 0. The Labute approximate surface area is 248 Å². The minimum atomic E-state index is -1.27. The smallest absolute Gasteiger partial charge is 0.326 e. The number of rotatable bonds is 21. The maximum absolute atomic E-state index is 13.5. The van der Waals surface area contributed by atoms with Crippen LogP contribution in [0.1, 0.15) is 86.5 Å². The summed E-state index contributed by atoms with van der Waals surface area (Å²) in [7, 11) is 0. The van der Waals surface area contributed by atoms with Gasteiger partial charge in [-0.1, -0.05) is 60.8 Å². The second-order valence-electron chi connectivity index (χ2n) is 11.0. The van der Waals surface area contributed by atoms with E-state index < -0.39 is 78.1 Å². The molecule has 14 nitrogen and oxygen atoms in total. The molecule has 0 radical (unpaired) electrons. The Bertz CT molecular complexity index is 917. The number of hydrogen-bond donors (Lipinski definition) is 8. The number of carbonyl (C=O) groups excluding carboxylic acids is 4. The third kappa shape index (κ3) is 13.1. The van der Waals surface area contributed by atoms with E-state index in [0.717, 1.165) is 0 Å². The fourth-order valence-corrected chi connectivity index (χ4v) is 4.06. The number of nitrogens with one attached hydrogen (secondary N) is 4. The molecular formula is C28H52N6O8. The second-order valence-corrected chi connectivity index (χ2v) is 11.0. The van der Waals surface area contributed by atoms with Crippen LogP contribution in [0.5, 0.6) is 0 Å². The second kappa shape index (κ2) is 19.8. The van der Waals surface area contributed by atoms with Crippen molar-refractivity contribution in [3.63, 3.8) is 0 Å². The maximum Gasteiger partial charge on any atom is 0.326 e. The fourth-order valence-electron chi connectivity index (χ4n) is 4.06. The number of nitrogens with two attached hydrogens (primary N) is 2. The van der Waals surface area contributed by atoms with Gasteiger partial charge in [0.15, 0.2) is 0 Å². The van der Waals surface area contributed by atoms with Gasteiger partial charge in [-0.15, -0.1) is 0 Å². The summed E-state index contributed by atoms with van der Waals surface area (Å²) in [5.74, 6) is -6.11. The standard InChI is InChI=1S/C28H52N6O8/c1-7-15(4)21(30)25(38)31-18(12-13-20(35)36)24(37)33-23(17(6)9-3)27(40)34-22(16(5)8-2)26(39)32-19(28(41)42)11-10-14-29/h15-19,21-23H,7-14,29-30H2,1-6H3,(H,31,38)(H,32,39)(H,33,37)(H,34,40)(H,35,36)(H,41,42)/t15-,16-,17-,18-,19-,21-,22-,23-/m0/s1. The Morgan fingerprint density at radius 3 is 1.52 bits per heavy atom. The van der Waals surface area contributed by atoms with Crippen molar-refractivity contribution in [2.24, 2.45) is 29.2 Å². The van der Waals surface area contributed by atoms with Crippen LogP contribution in [-0.2, 0) is 28.8 Å². The van der Waals surface area contributed by atoms with Crippen molar-refractivity contribution in [3.8, 4) is 0 Å². The normalized spacial score (nSPS) is 16.9.